The van der Waals surface area contributed by atoms with Crippen LogP contribution in [0.5, 0.6) is 0 Å². The molecule has 96 valence electrons. The summed E-state index contributed by atoms with van der Waals surface area (Å²) in [5.41, 5.74) is 1.07. The molecule has 2 fully saturated rings. The number of hydrogen-bond acceptors (Lipinski definition) is 3. The molecule has 0 bridgehead atoms. The summed E-state index contributed by atoms with van der Waals surface area (Å²) in [7, 11) is 0. The van der Waals surface area contributed by atoms with E-state index in [4.69, 9.17) is 11.6 Å². The minimum absolute atomic E-state index is 0.225. The molecule has 1 aromatic carbocycles. The second-order valence-corrected chi connectivity index (χ2v) is 5.24. The number of halogens is 1. The molecule has 0 aromatic heterocycles. The number of hydrogen-bond donors (Lipinski definition) is 1. The molecule has 2 aliphatic heterocycles. The van der Waals surface area contributed by atoms with Gasteiger partial charge in [0.25, 0.3) is 0 Å². The van der Waals surface area contributed by atoms with E-state index in [1.807, 2.05) is 29.2 Å². The van der Waals surface area contributed by atoms with E-state index in [1.165, 1.54) is 0 Å². The molecule has 2 heterocycles. The molecule has 5 heteroatoms. The van der Waals surface area contributed by atoms with Gasteiger partial charge < -0.3 is 15.1 Å². The highest BCUT2D eigenvalue weighted by Crippen LogP contribution is 2.22. The van der Waals surface area contributed by atoms with Gasteiger partial charge in [0.05, 0.1) is 12.6 Å². The Hall–Kier alpha value is -1.26. The lowest BCUT2D eigenvalue weighted by Gasteiger charge is -2.44. The van der Waals surface area contributed by atoms with Crippen LogP contribution in [0.2, 0.25) is 5.02 Å². The quantitative estimate of drug-likeness (QED) is 0.822. The topological polar surface area (TPSA) is 35.6 Å². The SMILES string of the molecule is O=C1CN(c2ccc(Cl)cc2)CC2CNCCN12. The van der Waals surface area contributed by atoms with E-state index in [0.29, 0.717) is 6.54 Å². The average molecular weight is 266 g/mol. The second kappa shape index (κ2) is 4.78. The molecule has 4 nitrogen and oxygen atoms in total. The number of amides is 1. The van der Waals surface area contributed by atoms with Gasteiger partial charge in [0.1, 0.15) is 0 Å². The fourth-order valence-corrected chi connectivity index (χ4v) is 2.80. The number of carbonyl (C=O) groups excluding carboxylic acids is 1. The Balaban J connectivity index is 1.78. The number of carbonyl (C=O) groups is 1. The van der Waals surface area contributed by atoms with Gasteiger partial charge in [0.2, 0.25) is 5.91 Å². The first kappa shape index (κ1) is 11.8. The van der Waals surface area contributed by atoms with Crippen LogP contribution < -0.4 is 10.2 Å². The van der Waals surface area contributed by atoms with Crippen molar-refractivity contribution in [2.45, 2.75) is 6.04 Å². The molecule has 0 spiro atoms. The van der Waals surface area contributed by atoms with Crippen molar-refractivity contribution in [3.63, 3.8) is 0 Å². The van der Waals surface area contributed by atoms with Crippen molar-refractivity contribution in [3.05, 3.63) is 29.3 Å². The number of rotatable bonds is 1. The number of nitrogens with one attached hydrogen (secondary N) is 1. The monoisotopic (exact) mass is 265 g/mol. The van der Waals surface area contributed by atoms with Crippen LogP contribution in [0.1, 0.15) is 0 Å². The fraction of sp³-hybridized carbons (Fsp3) is 0.462. The predicted octanol–water partition coefficient (Wildman–Crippen LogP) is 0.960. The molecular weight excluding hydrogens is 250 g/mol. The number of nitrogens with zero attached hydrogens (tertiary/aromatic N) is 2. The summed E-state index contributed by atoms with van der Waals surface area (Å²) in [5, 5.41) is 4.07. The van der Waals surface area contributed by atoms with E-state index in [9.17, 15) is 4.79 Å². The highest BCUT2D eigenvalue weighted by Gasteiger charge is 2.33. The van der Waals surface area contributed by atoms with Crippen molar-refractivity contribution < 1.29 is 4.79 Å². The normalized spacial score (nSPS) is 24.1. The molecular formula is C13H16ClN3O. The van der Waals surface area contributed by atoms with Crippen LogP contribution in [0, 0.1) is 0 Å². The zero-order valence-electron chi connectivity index (χ0n) is 10.1. The van der Waals surface area contributed by atoms with E-state index in [1.54, 1.807) is 0 Å². The molecule has 1 atom stereocenters. The van der Waals surface area contributed by atoms with Gasteiger partial charge in [-0.15, -0.1) is 0 Å². The highest BCUT2D eigenvalue weighted by atomic mass is 35.5. The number of piperazine rings is 2. The molecule has 1 unspecified atom stereocenters. The first-order chi connectivity index (χ1) is 8.74. The van der Waals surface area contributed by atoms with Crippen LogP contribution in [0.25, 0.3) is 0 Å². The van der Waals surface area contributed by atoms with Gasteiger partial charge in [-0.05, 0) is 24.3 Å². The summed E-state index contributed by atoms with van der Waals surface area (Å²) in [6, 6.07) is 7.97. The lowest BCUT2D eigenvalue weighted by Crippen LogP contribution is -2.63. The van der Waals surface area contributed by atoms with Gasteiger partial charge in [0.15, 0.2) is 0 Å². The Morgan fingerprint density at radius 2 is 2.06 bits per heavy atom. The standard InChI is InChI=1S/C13H16ClN3O/c14-10-1-3-11(4-2-10)16-8-12-7-15-5-6-17(12)13(18)9-16/h1-4,12,15H,5-9H2. The number of anilines is 1. The Morgan fingerprint density at radius 3 is 2.83 bits per heavy atom. The second-order valence-electron chi connectivity index (χ2n) is 4.80. The van der Waals surface area contributed by atoms with Crippen molar-refractivity contribution in [3.8, 4) is 0 Å². The maximum atomic E-state index is 12.1. The molecule has 0 radical (unpaired) electrons. The first-order valence-electron chi connectivity index (χ1n) is 6.25. The minimum atomic E-state index is 0.225. The average Bonchev–Trinajstić information content (AvgIpc) is 2.39. The molecule has 0 aliphatic carbocycles. The van der Waals surface area contributed by atoms with E-state index in [-0.39, 0.29) is 11.9 Å². The molecule has 1 amide bonds. The molecule has 1 N–H and O–H groups in total. The number of fused-ring (bicyclic) bond motifs is 1. The van der Waals surface area contributed by atoms with Gasteiger partial charge in [-0.2, -0.15) is 0 Å². The fourth-order valence-electron chi connectivity index (χ4n) is 2.67. The van der Waals surface area contributed by atoms with Crippen LogP contribution >= 0.6 is 11.6 Å². The molecule has 3 rings (SSSR count). The van der Waals surface area contributed by atoms with E-state index < -0.39 is 0 Å². The smallest absolute Gasteiger partial charge is 0.242 e. The third-order valence-corrected chi connectivity index (χ3v) is 3.87. The summed E-state index contributed by atoms with van der Waals surface area (Å²) < 4.78 is 0. The largest absolute Gasteiger partial charge is 0.360 e. The Bertz CT molecular complexity index is 448. The van der Waals surface area contributed by atoms with Gasteiger partial charge in [-0.3, -0.25) is 4.79 Å². The van der Waals surface area contributed by atoms with Crippen LogP contribution in [-0.4, -0.2) is 49.6 Å². The lowest BCUT2D eigenvalue weighted by atomic mass is 10.1. The van der Waals surface area contributed by atoms with E-state index in [2.05, 4.69) is 10.2 Å². The van der Waals surface area contributed by atoms with Crippen molar-refractivity contribution in [2.24, 2.45) is 0 Å². The van der Waals surface area contributed by atoms with Crippen LogP contribution in [0.3, 0.4) is 0 Å². The zero-order valence-corrected chi connectivity index (χ0v) is 10.9. The van der Waals surface area contributed by atoms with Crippen molar-refractivity contribution in [2.75, 3.05) is 37.6 Å². The van der Waals surface area contributed by atoms with Gasteiger partial charge >= 0.3 is 0 Å². The summed E-state index contributed by atoms with van der Waals surface area (Å²) in [6.45, 7) is 3.98. The van der Waals surface area contributed by atoms with Crippen molar-refractivity contribution in [1.29, 1.82) is 0 Å². The third kappa shape index (κ3) is 2.18. The van der Waals surface area contributed by atoms with Crippen molar-refractivity contribution >= 4 is 23.2 Å². The van der Waals surface area contributed by atoms with Crippen LogP contribution in [-0.2, 0) is 4.79 Å². The summed E-state index contributed by atoms with van der Waals surface area (Å²) in [4.78, 5) is 16.2. The minimum Gasteiger partial charge on any atom is -0.360 e. The van der Waals surface area contributed by atoms with Crippen LogP contribution in [0.4, 0.5) is 5.69 Å². The molecule has 2 aliphatic rings. The Labute approximate surface area is 112 Å². The molecule has 18 heavy (non-hydrogen) atoms. The molecule has 1 aromatic rings. The zero-order chi connectivity index (χ0) is 12.5. The molecule has 2 saturated heterocycles. The van der Waals surface area contributed by atoms with Crippen molar-refractivity contribution in [1.82, 2.24) is 10.2 Å². The summed E-state index contributed by atoms with van der Waals surface area (Å²) in [6.07, 6.45) is 0. The summed E-state index contributed by atoms with van der Waals surface area (Å²) >= 11 is 5.89. The van der Waals surface area contributed by atoms with E-state index in [0.717, 1.165) is 36.9 Å². The lowest BCUT2D eigenvalue weighted by molar-refractivity contribution is -0.134. The van der Waals surface area contributed by atoms with Crippen LogP contribution in [0.15, 0.2) is 24.3 Å². The number of benzene rings is 1. The van der Waals surface area contributed by atoms with Gasteiger partial charge in [0, 0.05) is 36.9 Å². The molecule has 0 saturated carbocycles. The predicted molar refractivity (Wildman–Crippen MR) is 72.0 cm³/mol. The van der Waals surface area contributed by atoms with E-state index >= 15 is 0 Å². The highest BCUT2D eigenvalue weighted by molar-refractivity contribution is 6.30. The third-order valence-electron chi connectivity index (χ3n) is 3.62. The van der Waals surface area contributed by atoms with Gasteiger partial charge in [-0.1, -0.05) is 11.6 Å². The summed E-state index contributed by atoms with van der Waals surface area (Å²) in [5.74, 6) is 0.225. The maximum absolute atomic E-state index is 12.1. The maximum Gasteiger partial charge on any atom is 0.242 e. The Morgan fingerprint density at radius 1 is 1.28 bits per heavy atom. The Kier molecular flexibility index (Phi) is 3.14. The first-order valence-corrected chi connectivity index (χ1v) is 6.62. The van der Waals surface area contributed by atoms with Gasteiger partial charge in [-0.25, -0.2) is 0 Å².